The number of urea groups is 1. The molecular weight excluding hydrogens is 531 g/mol. The second-order valence-corrected chi connectivity index (χ2v) is 8.70. The number of benzene rings is 3. The number of ether oxygens (including phenoxy) is 2. The fraction of sp³-hybridized carbons (Fsp3) is 0.0833. The van der Waals surface area contributed by atoms with Gasteiger partial charge >= 0.3 is 6.03 Å². The zero-order valence-corrected chi connectivity index (χ0v) is 20.4. The van der Waals surface area contributed by atoms with Gasteiger partial charge in [0.2, 0.25) is 0 Å². The van der Waals surface area contributed by atoms with E-state index in [4.69, 9.17) is 32.7 Å². The quantitative estimate of drug-likeness (QED) is 0.285. The molecule has 3 aromatic carbocycles. The molecule has 1 aliphatic heterocycles. The molecule has 0 spiro atoms. The SMILES string of the molecule is COc1cc(/C=C2/NC(=O)N(c3ccccc3)C2=O)cc(Br)c1OCc1ccc(Cl)c(Cl)c1. The summed E-state index contributed by atoms with van der Waals surface area (Å²) in [7, 11) is 1.52. The summed E-state index contributed by atoms with van der Waals surface area (Å²) in [6, 6.07) is 17.0. The van der Waals surface area contributed by atoms with Gasteiger partial charge in [-0.05, 0) is 69.5 Å². The molecule has 0 atom stereocenters. The van der Waals surface area contributed by atoms with Crippen LogP contribution in [0.4, 0.5) is 10.5 Å². The van der Waals surface area contributed by atoms with Crippen LogP contribution in [0.1, 0.15) is 11.1 Å². The zero-order chi connectivity index (χ0) is 23.5. The number of nitrogens with zero attached hydrogens (tertiary/aromatic N) is 1. The number of nitrogens with one attached hydrogen (secondary N) is 1. The average molecular weight is 548 g/mol. The first-order valence-electron chi connectivity index (χ1n) is 9.74. The third kappa shape index (κ3) is 5.00. The van der Waals surface area contributed by atoms with E-state index in [0.717, 1.165) is 10.5 Å². The van der Waals surface area contributed by atoms with Gasteiger partial charge in [0.1, 0.15) is 12.3 Å². The average Bonchev–Trinajstić information content (AvgIpc) is 3.08. The first-order valence-corrected chi connectivity index (χ1v) is 11.3. The van der Waals surface area contributed by atoms with Crippen molar-refractivity contribution < 1.29 is 19.1 Å². The van der Waals surface area contributed by atoms with Crippen LogP contribution in [0.3, 0.4) is 0 Å². The number of halogens is 3. The van der Waals surface area contributed by atoms with E-state index in [1.54, 1.807) is 54.6 Å². The van der Waals surface area contributed by atoms with Crippen LogP contribution >= 0.6 is 39.1 Å². The van der Waals surface area contributed by atoms with Crippen molar-refractivity contribution in [3.63, 3.8) is 0 Å². The Bertz CT molecular complexity index is 1260. The van der Waals surface area contributed by atoms with Crippen molar-refractivity contribution in [3.05, 3.63) is 92.0 Å². The van der Waals surface area contributed by atoms with Gasteiger partial charge in [0.05, 0.1) is 27.3 Å². The molecule has 1 heterocycles. The van der Waals surface area contributed by atoms with Crippen molar-refractivity contribution in [1.29, 1.82) is 0 Å². The Balaban J connectivity index is 1.57. The molecule has 1 fully saturated rings. The molecular formula is C24H17BrCl2N2O4. The molecule has 1 saturated heterocycles. The van der Waals surface area contributed by atoms with E-state index >= 15 is 0 Å². The second-order valence-electron chi connectivity index (χ2n) is 7.04. The van der Waals surface area contributed by atoms with Gasteiger partial charge in [-0.25, -0.2) is 9.69 Å². The lowest BCUT2D eigenvalue weighted by atomic mass is 10.1. The van der Waals surface area contributed by atoms with E-state index in [-0.39, 0.29) is 12.3 Å². The van der Waals surface area contributed by atoms with Crippen molar-refractivity contribution >= 4 is 62.8 Å². The molecule has 1 aliphatic rings. The van der Waals surface area contributed by atoms with Crippen LogP contribution in [-0.2, 0) is 11.4 Å². The molecule has 1 N–H and O–H groups in total. The van der Waals surface area contributed by atoms with E-state index in [9.17, 15) is 9.59 Å². The summed E-state index contributed by atoms with van der Waals surface area (Å²) in [5, 5.41) is 3.53. The normalized spacial score (nSPS) is 14.5. The molecule has 0 bridgehead atoms. The summed E-state index contributed by atoms with van der Waals surface area (Å²) < 4.78 is 12.0. The Morgan fingerprint density at radius 2 is 1.79 bits per heavy atom. The van der Waals surface area contributed by atoms with Crippen LogP contribution in [0.2, 0.25) is 10.0 Å². The van der Waals surface area contributed by atoms with Crippen LogP contribution in [0.5, 0.6) is 11.5 Å². The van der Waals surface area contributed by atoms with Gasteiger partial charge < -0.3 is 14.8 Å². The van der Waals surface area contributed by atoms with Gasteiger partial charge in [-0.15, -0.1) is 0 Å². The summed E-state index contributed by atoms with van der Waals surface area (Å²) >= 11 is 15.5. The van der Waals surface area contributed by atoms with Crippen molar-refractivity contribution in [2.75, 3.05) is 12.0 Å². The number of hydrogen-bond acceptors (Lipinski definition) is 4. The Morgan fingerprint density at radius 3 is 2.48 bits per heavy atom. The standard InChI is InChI=1S/C24H17BrCl2N2O4/c1-32-21-12-15(9-17(25)22(21)33-13-14-7-8-18(26)19(27)10-14)11-20-23(30)29(24(31)28-20)16-5-3-2-4-6-16/h2-12H,13H2,1H3,(H,28,31)/b20-11+. The highest BCUT2D eigenvalue weighted by atomic mass is 79.9. The van der Waals surface area contributed by atoms with Gasteiger partial charge in [-0.3, -0.25) is 4.79 Å². The molecule has 6 nitrogen and oxygen atoms in total. The van der Waals surface area contributed by atoms with Crippen molar-refractivity contribution in [1.82, 2.24) is 5.32 Å². The molecule has 4 rings (SSSR count). The summed E-state index contributed by atoms with van der Waals surface area (Å²) in [6.07, 6.45) is 1.58. The molecule has 0 radical (unpaired) electrons. The Kier molecular flexibility index (Phi) is 6.93. The highest BCUT2D eigenvalue weighted by molar-refractivity contribution is 9.10. The Morgan fingerprint density at radius 1 is 1.03 bits per heavy atom. The summed E-state index contributed by atoms with van der Waals surface area (Å²) in [5.41, 5.74) is 2.12. The number of para-hydroxylation sites is 1. The van der Waals surface area contributed by atoms with E-state index in [1.807, 2.05) is 12.1 Å². The van der Waals surface area contributed by atoms with Gasteiger partial charge in [-0.2, -0.15) is 0 Å². The van der Waals surface area contributed by atoms with Crippen molar-refractivity contribution in [3.8, 4) is 11.5 Å². The van der Waals surface area contributed by atoms with E-state index < -0.39 is 11.9 Å². The molecule has 3 amide bonds. The Labute approximate surface area is 208 Å². The highest BCUT2D eigenvalue weighted by Crippen LogP contribution is 2.38. The first kappa shape index (κ1) is 23.2. The minimum atomic E-state index is -0.509. The molecule has 168 valence electrons. The van der Waals surface area contributed by atoms with Gasteiger partial charge in [0, 0.05) is 0 Å². The number of carbonyl (C=O) groups is 2. The number of anilines is 1. The lowest BCUT2D eigenvalue weighted by Gasteiger charge is -2.14. The topological polar surface area (TPSA) is 67.9 Å². The van der Waals surface area contributed by atoms with Crippen LogP contribution < -0.4 is 19.7 Å². The minimum Gasteiger partial charge on any atom is -0.493 e. The van der Waals surface area contributed by atoms with Crippen LogP contribution in [0.15, 0.2) is 70.8 Å². The molecule has 0 aliphatic carbocycles. The monoisotopic (exact) mass is 546 g/mol. The molecule has 0 unspecified atom stereocenters. The smallest absolute Gasteiger partial charge is 0.333 e. The lowest BCUT2D eigenvalue weighted by molar-refractivity contribution is -0.113. The maximum Gasteiger partial charge on any atom is 0.333 e. The summed E-state index contributed by atoms with van der Waals surface area (Å²) in [4.78, 5) is 26.3. The second kappa shape index (κ2) is 9.87. The molecule has 9 heteroatoms. The highest BCUT2D eigenvalue weighted by Gasteiger charge is 2.34. The van der Waals surface area contributed by atoms with E-state index in [0.29, 0.717) is 37.3 Å². The predicted molar refractivity (Wildman–Crippen MR) is 132 cm³/mol. The third-order valence-corrected chi connectivity index (χ3v) is 6.15. The number of rotatable bonds is 6. The number of imide groups is 1. The fourth-order valence-corrected chi connectivity index (χ4v) is 4.16. The largest absolute Gasteiger partial charge is 0.493 e. The molecule has 0 aromatic heterocycles. The molecule has 33 heavy (non-hydrogen) atoms. The van der Waals surface area contributed by atoms with Crippen molar-refractivity contribution in [2.45, 2.75) is 6.61 Å². The maximum atomic E-state index is 12.8. The predicted octanol–water partition coefficient (Wildman–Crippen LogP) is 6.44. The molecule has 0 saturated carbocycles. The van der Waals surface area contributed by atoms with E-state index in [1.165, 1.54) is 7.11 Å². The van der Waals surface area contributed by atoms with Crippen LogP contribution in [0, 0.1) is 0 Å². The van der Waals surface area contributed by atoms with Gasteiger partial charge in [0.25, 0.3) is 5.91 Å². The van der Waals surface area contributed by atoms with E-state index in [2.05, 4.69) is 21.2 Å². The number of carbonyl (C=O) groups excluding carboxylic acids is 2. The zero-order valence-electron chi connectivity index (χ0n) is 17.3. The summed E-state index contributed by atoms with van der Waals surface area (Å²) in [5.74, 6) is 0.493. The van der Waals surface area contributed by atoms with Crippen LogP contribution in [0.25, 0.3) is 6.08 Å². The van der Waals surface area contributed by atoms with Gasteiger partial charge in [0.15, 0.2) is 11.5 Å². The number of hydrogen-bond donors (Lipinski definition) is 1. The minimum absolute atomic E-state index is 0.155. The lowest BCUT2D eigenvalue weighted by Crippen LogP contribution is -2.30. The fourth-order valence-electron chi connectivity index (χ4n) is 3.26. The van der Waals surface area contributed by atoms with Crippen LogP contribution in [-0.4, -0.2) is 19.0 Å². The first-order chi connectivity index (χ1) is 15.9. The summed E-state index contributed by atoms with van der Waals surface area (Å²) in [6.45, 7) is 0.243. The van der Waals surface area contributed by atoms with Gasteiger partial charge in [-0.1, -0.05) is 47.5 Å². The van der Waals surface area contributed by atoms with Crippen molar-refractivity contribution in [2.24, 2.45) is 0 Å². The Hall–Kier alpha value is -3.00. The number of methoxy groups -OCH3 is 1. The third-order valence-electron chi connectivity index (χ3n) is 4.82. The maximum absolute atomic E-state index is 12.8. The molecule has 3 aromatic rings. The number of amides is 3.